The molecule has 0 spiro atoms. The highest BCUT2D eigenvalue weighted by molar-refractivity contribution is 5.89. The maximum atomic E-state index is 12.3. The second kappa shape index (κ2) is 11.6. The van der Waals surface area contributed by atoms with Crippen molar-refractivity contribution in [2.75, 3.05) is 11.9 Å². The van der Waals surface area contributed by atoms with Gasteiger partial charge in [-0.3, -0.25) is 0 Å². The molecule has 0 aliphatic rings. The lowest BCUT2D eigenvalue weighted by Crippen LogP contribution is -2.29. The van der Waals surface area contributed by atoms with E-state index in [1.54, 1.807) is 0 Å². The van der Waals surface area contributed by atoms with E-state index in [0.717, 1.165) is 41.6 Å². The number of amides is 2. The first-order chi connectivity index (χ1) is 17.7. The van der Waals surface area contributed by atoms with Gasteiger partial charge in [-0.2, -0.15) is 0 Å². The lowest BCUT2D eigenvalue weighted by molar-refractivity contribution is -0.274. The lowest BCUT2D eigenvalue weighted by Gasteiger charge is -2.09. The van der Waals surface area contributed by atoms with Crippen LogP contribution >= 0.6 is 0 Å². The van der Waals surface area contributed by atoms with Gasteiger partial charge in [0.15, 0.2) is 5.82 Å². The van der Waals surface area contributed by atoms with Crippen LogP contribution in [0.3, 0.4) is 0 Å². The third-order valence-corrected chi connectivity index (χ3v) is 5.53. The van der Waals surface area contributed by atoms with E-state index in [1.807, 2.05) is 55.5 Å². The predicted octanol–water partition coefficient (Wildman–Crippen LogP) is 6.29. The molecule has 7 nitrogen and oxygen atoms in total. The molecule has 2 amide bonds. The number of hydrogen-bond acceptors (Lipinski definition) is 4. The molecule has 192 valence electrons. The fourth-order valence-electron chi connectivity index (χ4n) is 3.61. The molecule has 0 fully saturated rings. The zero-order valence-corrected chi connectivity index (χ0v) is 20.1. The molecule has 0 saturated carbocycles. The van der Waals surface area contributed by atoms with Gasteiger partial charge in [0.2, 0.25) is 0 Å². The van der Waals surface area contributed by atoms with E-state index in [1.165, 1.54) is 35.3 Å². The van der Waals surface area contributed by atoms with Crippen molar-refractivity contribution < 1.29 is 22.7 Å². The summed E-state index contributed by atoms with van der Waals surface area (Å²) in [7, 11) is 0. The highest BCUT2D eigenvalue weighted by atomic mass is 19.4. The Hall–Kier alpha value is -4.34. The van der Waals surface area contributed by atoms with Gasteiger partial charge in [-0.1, -0.05) is 42.0 Å². The van der Waals surface area contributed by atoms with Crippen molar-refractivity contribution in [1.82, 2.24) is 20.1 Å². The number of hydrogen-bond donors (Lipinski definition) is 2. The molecule has 4 aromatic rings. The maximum absolute atomic E-state index is 12.3. The third kappa shape index (κ3) is 7.83. The topological polar surface area (TPSA) is 81.1 Å². The van der Waals surface area contributed by atoms with E-state index < -0.39 is 6.36 Å². The van der Waals surface area contributed by atoms with Crippen molar-refractivity contribution in [2.24, 2.45) is 0 Å². The van der Waals surface area contributed by atoms with Crippen molar-refractivity contribution in [3.63, 3.8) is 0 Å². The van der Waals surface area contributed by atoms with E-state index in [9.17, 15) is 18.0 Å². The fourth-order valence-corrected chi connectivity index (χ4v) is 3.61. The Balaban J connectivity index is 1.21. The van der Waals surface area contributed by atoms with Crippen LogP contribution in [0.15, 0.2) is 79.1 Å². The summed E-state index contributed by atoms with van der Waals surface area (Å²) in [6.45, 7) is 2.58. The summed E-state index contributed by atoms with van der Waals surface area (Å²) < 4.78 is 42.4. The van der Waals surface area contributed by atoms with Crippen LogP contribution in [0.25, 0.3) is 17.1 Å². The van der Waals surface area contributed by atoms with Gasteiger partial charge in [0.25, 0.3) is 0 Å². The number of aromatic nitrogens is 3. The summed E-state index contributed by atoms with van der Waals surface area (Å²) in [4.78, 5) is 16.3. The first-order valence-corrected chi connectivity index (χ1v) is 11.7. The Morgan fingerprint density at radius 2 is 1.65 bits per heavy atom. The summed E-state index contributed by atoms with van der Waals surface area (Å²) in [5.74, 6) is 0.208. The van der Waals surface area contributed by atoms with Crippen molar-refractivity contribution in [3.05, 3.63) is 90.3 Å². The highest BCUT2D eigenvalue weighted by Gasteiger charge is 2.31. The van der Waals surface area contributed by atoms with Gasteiger partial charge < -0.3 is 15.4 Å². The molecule has 0 aliphatic carbocycles. The fraction of sp³-hybridized carbons (Fsp3) is 0.222. The predicted molar refractivity (Wildman–Crippen MR) is 135 cm³/mol. The van der Waals surface area contributed by atoms with Crippen LogP contribution in [0.1, 0.15) is 24.0 Å². The largest absolute Gasteiger partial charge is 0.573 e. The van der Waals surface area contributed by atoms with Gasteiger partial charge in [0.1, 0.15) is 12.1 Å². The van der Waals surface area contributed by atoms with Crippen molar-refractivity contribution in [1.29, 1.82) is 0 Å². The molecular weight excluding hydrogens is 483 g/mol. The summed E-state index contributed by atoms with van der Waals surface area (Å²) >= 11 is 0. The monoisotopic (exact) mass is 509 g/mol. The number of unbranched alkanes of at least 4 members (excludes halogenated alkanes) is 1. The molecule has 0 aliphatic heterocycles. The molecule has 4 rings (SSSR count). The molecule has 0 radical (unpaired) electrons. The molecule has 0 bridgehead atoms. The SMILES string of the molecule is Cc1ccc(NC(=O)NCCCCc2ccc(-c3ncn(-c4ccc(OC(F)(F)F)cc4)n3)cc2)cc1. The Kier molecular flexibility index (Phi) is 8.07. The van der Waals surface area contributed by atoms with Gasteiger partial charge in [-0.05, 0) is 68.1 Å². The highest BCUT2D eigenvalue weighted by Crippen LogP contribution is 2.24. The van der Waals surface area contributed by atoms with Crippen LogP contribution in [-0.4, -0.2) is 33.7 Å². The molecule has 3 aromatic carbocycles. The average Bonchev–Trinajstić information content (AvgIpc) is 3.35. The van der Waals surface area contributed by atoms with Gasteiger partial charge >= 0.3 is 12.4 Å². The van der Waals surface area contributed by atoms with E-state index in [2.05, 4.69) is 25.5 Å². The van der Waals surface area contributed by atoms with Crippen molar-refractivity contribution in [2.45, 2.75) is 32.5 Å². The standard InChI is InChI=1S/C27H26F3N5O2/c1-19-5-11-22(12-6-19)33-26(36)31-17-3-2-4-20-7-9-21(10-8-20)25-32-18-35(34-25)23-13-15-24(16-14-23)37-27(28,29)30/h5-16,18H,2-4,17H2,1H3,(H2,31,33,36). The minimum atomic E-state index is -4.73. The number of rotatable bonds is 9. The van der Waals surface area contributed by atoms with Gasteiger partial charge in [-0.25, -0.2) is 14.5 Å². The number of alkyl halides is 3. The zero-order chi connectivity index (χ0) is 26.3. The molecule has 10 heteroatoms. The Morgan fingerprint density at radius 3 is 2.32 bits per heavy atom. The van der Waals surface area contributed by atoms with Gasteiger partial charge in [0, 0.05) is 17.8 Å². The van der Waals surface area contributed by atoms with Crippen LogP contribution in [0.5, 0.6) is 5.75 Å². The Labute approximate surface area is 212 Å². The third-order valence-electron chi connectivity index (χ3n) is 5.53. The number of aryl methyl sites for hydroxylation is 2. The molecule has 0 atom stereocenters. The lowest BCUT2D eigenvalue weighted by atomic mass is 10.1. The second-order valence-corrected chi connectivity index (χ2v) is 8.46. The number of urea groups is 1. The van der Waals surface area contributed by atoms with Crippen LogP contribution < -0.4 is 15.4 Å². The van der Waals surface area contributed by atoms with Gasteiger partial charge in [0.05, 0.1) is 5.69 Å². The first-order valence-electron chi connectivity index (χ1n) is 11.7. The molecule has 0 unspecified atom stereocenters. The average molecular weight is 510 g/mol. The molecule has 1 aromatic heterocycles. The summed E-state index contributed by atoms with van der Waals surface area (Å²) in [6.07, 6.45) is -0.586. The maximum Gasteiger partial charge on any atom is 0.573 e. The van der Waals surface area contributed by atoms with E-state index in [-0.39, 0.29) is 11.8 Å². The Morgan fingerprint density at radius 1 is 0.946 bits per heavy atom. The van der Waals surface area contributed by atoms with Crippen molar-refractivity contribution >= 4 is 11.7 Å². The quantitative estimate of drug-likeness (QED) is 0.260. The van der Waals surface area contributed by atoms with Crippen LogP contribution in [0.2, 0.25) is 0 Å². The number of nitrogens with one attached hydrogen (secondary N) is 2. The number of halogens is 3. The number of carbonyl (C=O) groups excluding carboxylic acids is 1. The summed E-state index contributed by atoms with van der Waals surface area (Å²) in [6, 6.07) is 20.7. The number of benzene rings is 3. The summed E-state index contributed by atoms with van der Waals surface area (Å²) in [5.41, 5.74) is 4.44. The first kappa shape index (κ1) is 25.7. The van der Waals surface area contributed by atoms with Gasteiger partial charge in [-0.15, -0.1) is 18.3 Å². The van der Waals surface area contributed by atoms with Crippen LogP contribution in [-0.2, 0) is 6.42 Å². The number of nitrogens with zero attached hydrogens (tertiary/aromatic N) is 3. The zero-order valence-electron chi connectivity index (χ0n) is 20.1. The van der Waals surface area contributed by atoms with Crippen LogP contribution in [0, 0.1) is 6.92 Å². The van der Waals surface area contributed by atoms with Crippen LogP contribution in [0.4, 0.5) is 23.7 Å². The smallest absolute Gasteiger partial charge is 0.406 e. The summed E-state index contributed by atoms with van der Waals surface area (Å²) in [5, 5.41) is 10.1. The van der Waals surface area contributed by atoms with E-state index in [4.69, 9.17) is 0 Å². The number of carbonyl (C=O) groups is 1. The molecule has 37 heavy (non-hydrogen) atoms. The second-order valence-electron chi connectivity index (χ2n) is 8.46. The molecule has 2 N–H and O–H groups in total. The van der Waals surface area contributed by atoms with Crippen molar-refractivity contribution in [3.8, 4) is 22.8 Å². The normalized spacial score (nSPS) is 11.2. The molecule has 1 heterocycles. The Bertz CT molecular complexity index is 1300. The molecular formula is C27H26F3N5O2. The van der Waals surface area contributed by atoms with E-state index in [0.29, 0.717) is 18.1 Å². The minimum absolute atomic E-state index is 0.217. The number of anilines is 1. The number of ether oxygens (including phenoxy) is 1. The molecule has 0 saturated heterocycles. The minimum Gasteiger partial charge on any atom is -0.406 e. The van der Waals surface area contributed by atoms with E-state index >= 15 is 0 Å².